The van der Waals surface area contributed by atoms with Crippen molar-refractivity contribution in [1.29, 1.82) is 0 Å². The van der Waals surface area contributed by atoms with Crippen LogP contribution in [0.3, 0.4) is 0 Å². The number of benzene rings is 1. The number of nitrogens with zero attached hydrogens (tertiary/aromatic N) is 5. The number of Topliss-reactive ketones (excluding diaryl/α,β-unsaturated/α-hetero) is 1. The number of hydrogen-bond acceptors (Lipinski definition) is 12. The summed E-state index contributed by atoms with van der Waals surface area (Å²) in [6, 6.07) is 2.22. The number of ketones is 1. The Hall–Kier alpha value is -5.49. The normalized spacial score (nSPS) is 21.2. The molecule has 0 spiro atoms. The van der Waals surface area contributed by atoms with E-state index >= 15 is 0 Å². The van der Waals surface area contributed by atoms with Gasteiger partial charge < -0.3 is 35.8 Å². The highest BCUT2D eigenvalue weighted by atomic mass is 16.5. The number of hydrazine groups is 1. The molecule has 2 aliphatic carbocycles. The molecule has 4 fully saturated rings. The lowest BCUT2D eigenvalue weighted by atomic mass is 9.82. The van der Waals surface area contributed by atoms with Crippen molar-refractivity contribution in [3.63, 3.8) is 0 Å². The molecule has 2 saturated carbocycles. The lowest BCUT2D eigenvalue weighted by Crippen LogP contribution is -2.62. The monoisotopic (exact) mass is 858 g/mol. The van der Waals surface area contributed by atoms with Crippen LogP contribution in [0.2, 0.25) is 0 Å². The highest BCUT2D eigenvalue weighted by Gasteiger charge is 2.47. The molecule has 6 N–H and O–H groups in total. The molecule has 0 unspecified atom stereocenters. The summed E-state index contributed by atoms with van der Waals surface area (Å²) < 4.78 is 6.37. The number of piperazine rings is 1. The second-order valence-electron chi connectivity index (χ2n) is 18.0. The SMILES string of the molecule is CCC[C@H](NC(=O)[C@@H]1C[C@@H](Oc2ccc(C(=O)N3CCN(N)CC3)cc2)CN1C(=O)[C@@H](NC(=O)[C@@H](NC(=O)c1cnccn1)C1CCCCC1)C(C)(C)C)C(=O)C(=O)NC1CC1. The first-order valence-corrected chi connectivity index (χ1v) is 22.0. The van der Waals surface area contributed by atoms with Crippen molar-refractivity contribution in [1.82, 2.24) is 46.0 Å². The van der Waals surface area contributed by atoms with Gasteiger partial charge in [0.05, 0.1) is 18.8 Å². The van der Waals surface area contributed by atoms with E-state index in [9.17, 15) is 33.6 Å². The summed E-state index contributed by atoms with van der Waals surface area (Å²) in [7, 11) is 0. The van der Waals surface area contributed by atoms with Gasteiger partial charge in [-0.2, -0.15) is 0 Å². The third-order valence-electron chi connectivity index (χ3n) is 12.1. The fourth-order valence-corrected chi connectivity index (χ4v) is 8.36. The van der Waals surface area contributed by atoms with Gasteiger partial charge in [0, 0.05) is 56.6 Å². The van der Waals surface area contributed by atoms with Crippen molar-refractivity contribution in [2.24, 2.45) is 17.2 Å². The Labute approximate surface area is 362 Å². The molecule has 0 radical (unpaired) electrons. The smallest absolute Gasteiger partial charge is 0.289 e. The minimum atomic E-state index is -1.16. The summed E-state index contributed by atoms with van der Waals surface area (Å²) in [5, 5.41) is 13.0. The van der Waals surface area contributed by atoms with Crippen molar-refractivity contribution < 1.29 is 38.3 Å². The maximum Gasteiger partial charge on any atom is 0.289 e. The Morgan fingerprint density at radius 3 is 2.19 bits per heavy atom. The topological polar surface area (TPSA) is 238 Å². The van der Waals surface area contributed by atoms with E-state index in [4.69, 9.17) is 10.6 Å². The zero-order valence-corrected chi connectivity index (χ0v) is 36.3. The van der Waals surface area contributed by atoms with E-state index < -0.39 is 71.0 Å². The van der Waals surface area contributed by atoms with Crippen LogP contribution in [-0.2, 0) is 24.0 Å². The zero-order chi connectivity index (χ0) is 44.6. The van der Waals surface area contributed by atoms with Crippen molar-refractivity contribution in [2.75, 3.05) is 32.7 Å². The molecule has 2 aliphatic heterocycles. The zero-order valence-electron chi connectivity index (χ0n) is 36.3. The summed E-state index contributed by atoms with van der Waals surface area (Å²) in [5.74, 6) is 2.16. The van der Waals surface area contributed by atoms with Crippen LogP contribution in [0.5, 0.6) is 5.75 Å². The quantitative estimate of drug-likeness (QED) is 0.119. The van der Waals surface area contributed by atoms with Crippen molar-refractivity contribution in [3.8, 4) is 5.75 Å². The number of likely N-dealkylation sites (tertiary alicyclic amines) is 1. The van der Waals surface area contributed by atoms with Crippen LogP contribution in [0.4, 0.5) is 0 Å². The van der Waals surface area contributed by atoms with Gasteiger partial charge in [0.15, 0.2) is 0 Å². The van der Waals surface area contributed by atoms with Crippen LogP contribution >= 0.6 is 0 Å². The Balaban J connectivity index is 1.23. The Kier molecular flexibility index (Phi) is 15.3. The van der Waals surface area contributed by atoms with E-state index in [0.29, 0.717) is 56.8 Å². The van der Waals surface area contributed by atoms with Crippen LogP contribution in [-0.4, -0.2) is 135 Å². The van der Waals surface area contributed by atoms with Gasteiger partial charge in [0.1, 0.15) is 35.7 Å². The number of rotatable bonds is 16. The van der Waals surface area contributed by atoms with Gasteiger partial charge in [-0.15, -0.1) is 0 Å². The fourth-order valence-electron chi connectivity index (χ4n) is 8.36. The Morgan fingerprint density at radius 1 is 0.887 bits per heavy atom. The minimum absolute atomic E-state index is 0.0343. The third kappa shape index (κ3) is 11.9. The van der Waals surface area contributed by atoms with Crippen LogP contribution in [0.25, 0.3) is 0 Å². The first kappa shape index (κ1) is 46.0. The van der Waals surface area contributed by atoms with Gasteiger partial charge >= 0.3 is 0 Å². The highest BCUT2D eigenvalue weighted by Crippen LogP contribution is 2.31. The first-order chi connectivity index (χ1) is 29.6. The average Bonchev–Trinajstić information content (AvgIpc) is 3.99. The molecule has 2 saturated heterocycles. The summed E-state index contributed by atoms with van der Waals surface area (Å²) in [6.07, 6.45) is 9.97. The molecule has 0 bridgehead atoms. The molecule has 18 heteroatoms. The molecule has 62 heavy (non-hydrogen) atoms. The largest absolute Gasteiger partial charge is 0.488 e. The molecule has 1 aromatic heterocycles. The number of ether oxygens (including phenoxy) is 1. The minimum Gasteiger partial charge on any atom is -0.488 e. The standard InChI is InChI=1S/C44H62N10O8/c1-5-9-32(36(55)41(59)48-29-14-15-29)49-39(57)34-24-31(62-30-16-12-28(13-17-30)42(60)52-20-22-53(45)23-21-52)26-54(34)43(61)37(44(2,3)4)51-40(58)35(27-10-7-6-8-11-27)50-38(56)33-25-46-18-19-47-33/h12-13,16-19,25,27,29,31-32,34-35,37H,5-11,14-15,20-24,26,45H2,1-4H3,(H,48,59)(H,49,57)(H,50,56)(H,51,58)/t31-,32+,34+,35+,37-/m1/s1. The van der Waals surface area contributed by atoms with Crippen molar-refractivity contribution in [3.05, 3.63) is 54.1 Å². The molecular formula is C44H62N10O8. The first-order valence-electron chi connectivity index (χ1n) is 22.0. The number of nitrogens with one attached hydrogen (secondary N) is 4. The predicted molar refractivity (Wildman–Crippen MR) is 227 cm³/mol. The molecule has 336 valence electrons. The lowest BCUT2D eigenvalue weighted by Gasteiger charge is -2.37. The third-order valence-corrected chi connectivity index (χ3v) is 12.1. The number of amides is 6. The molecule has 2 aromatic rings. The molecule has 1 aromatic carbocycles. The molecule has 6 rings (SSSR count). The van der Waals surface area contributed by atoms with Gasteiger partial charge in [-0.1, -0.05) is 53.4 Å². The van der Waals surface area contributed by atoms with E-state index in [2.05, 4.69) is 31.2 Å². The van der Waals surface area contributed by atoms with Gasteiger partial charge in [-0.3, -0.25) is 44.4 Å². The molecule has 3 heterocycles. The highest BCUT2D eigenvalue weighted by molar-refractivity contribution is 6.38. The molecule has 18 nitrogen and oxygen atoms in total. The maximum absolute atomic E-state index is 14.9. The van der Waals surface area contributed by atoms with E-state index in [-0.39, 0.29) is 42.9 Å². The van der Waals surface area contributed by atoms with Gasteiger partial charge in [-0.25, -0.2) is 9.99 Å². The number of carbonyl (C=O) groups excluding carboxylic acids is 7. The second-order valence-corrected chi connectivity index (χ2v) is 18.0. The average molecular weight is 859 g/mol. The Morgan fingerprint density at radius 2 is 1.58 bits per heavy atom. The number of aromatic nitrogens is 2. The number of nitrogens with two attached hydrogens (primary N) is 1. The van der Waals surface area contributed by atoms with Crippen LogP contribution in [0, 0.1) is 11.3 Å². The van der Waals surface area contributed by atoms with E-state index in [1.54, 1.807) is 54.9 Å². The summed E-state index contributed by atoms with van der Waals surface area (Å²) in [4.78, 5) is 108. The number of carbonyl (C=O) groups is 7. The predicted octanol–water partition coefficient (Wildman–Crippen LogP) is 1.50. The molecular weight excluding hydrogens is 797 g/mol. The Bertz CT molecular complexity index is 1920. The van der Waals surface area contributed by atoms with Gasteiger partial charge in [0.25, 0.3) is 17.7 Å². The van der Waals surface area contributed by atoms with Crippen molar-refractivity contribution >= 4 is 41.2 Å². The van der Waals surface area contributed by atoms with Gasteiger partial charge in [0.2, 0.25) is 23.5 Å². The van der Waals surface area contributed by atoms with E-state index in [1.807, 2.05) is 6.92 Å². The van der Waals surface area contributed by atoms with Crippen LogP contribution in [0.1, 0.15) is 113 Å². The maximum atomic E-state index is 14.9. The van der Waals surface area contributed by atoms with E-state index in [0.717, 1.165) is 32.1 Å². The van der Waals surface area contributed by atoms with Crippen LogP contribution < -0.4 is 31.8 Å². The summed E-state index contributed by atoms with van der Waals surface area (Å²) in [5.41, 5.74) is -0.346. The molecule has 6 amide bonds. The lowest BCUT2D eigenvalue weighted by molar-refractivity contribution is -0.145. The second kappa shape index (κ2) is 20.6. The van der Waals surface area contributed by atoms with Crippen molar-refractivity contribution in [2.45, 2.75) is 128 Å². The fraction of sp³-hybridized carbons (Fsp3) is 0.614. The number of hydrogen-bond donors (Lipinski definition) is 5. The summed E-state index contributed by atoms with van der Waals surface area (Å²) >= 11 is 0. The van der Waals surface area contributed by atoms with E-state index in [1.165, 1.54) is 23.5 Å². The van der Waals surface area contributed by atoms with Gasteiger partial charge in [-0.05, 0) is 67.7 Å². The molecule has 4 aliphatic rings. The summed E-state index contributed by atoms with van der Waals surface area (Å²) in [6.45, 7) is 9.35. The van der Waals surface area contributed by atoms with Crippen LogP contribution in [0.15, 0.2) is 42.9 Å². The molecule has 5 atom stereocenters.